The molecule has 0 aliphatic heterocycles. The van der Waals surface area contributed by atoms with Crippen LogP contribution in [-0.4, -0.2) is 47.8 Å². The van der Waals surface area contributed by atoms with Crippen molar-refractivity contribution in [1.29, 1.82) is 0 Å². The zero-order valence-electron chi connectivity index (χ0n) is 26.7. The number of hydrogen-bond donors (Lipinski definition) is 2. The standard InChI is InChI=1S/C34H42F3N3O4/c1-20-16-22(14-15-39-28(19-43-33(3,4)5)21(2)44-34(6,7)8)17-27(37)30(20)40-29(41)13-12-25(32(40)38-9)31(42)24-11-10-23(35)18-26(24)36/h10-13,16-18,28,38-39H,2,14-15,19H2,1,3-9H3/t28-/m0/s1. The number of aromatic nitrogens is 1. The average Bonchev–Trinajstić information content (AvgIpc) is 2.89. The van der Waals surface area contributed by atoms with Crippen LogP contribution in [-0.2, 0) is 15.9 Å². The highest BCUT2D eigenvalue weighted by atomic mass is 19.1. The molecular formula is C34H42F3N3O4. The summed E-state index contributed by atoms with van der Waals surface area (Å²) in [6, 6.07) is 7.75. The van der Waals surface area contributed by atoms with Crippen LogP contribution in [0.15, 0.2) is 59.6 Å². The lowest BCUT2D eigenvalue weighted by Crippen LogP contribution is -2.41. The van der Waals surface area contributed by atoms with Gasteiger partial charge in [-0.25, -0.2) is 13.2 Å². The molecule has 1 atom stereocenters. The average molecular weight is 614 g/mol. The zero-order chi connectivity index (χ0) is 33.0. The number of hydrogen-bond acceptors (Lipinski definition) is 6. The Balaban J connectivity index is 1.90. The van der Waals surface area contributed by atoms with E-state index in [1.54, 1.807) is 13.0 Å². The first kappa shape index (κ1) is 34.6. The number of rotatable bonds is 12. The Labute approximate surface area is 257 Å². The fourth-order valence-corrected chi connectivity index (χ4v) is 4.70. The number of benzene rings is 2. The Morgan fingerprint density at radius 3 is 2.18 bits per heavy atom. The van der Waals surface area contributed by atoms with Crippen LogP contribution in [0.25, 0.3) is 5.69 Å². The van der Waals surface area contributed by atoms with E-state index in [4.69, 9.17) is 9.47 Å². The van der Waals surface area contributed by atoms with E-state index < -0.39 is 34.4 Å². The van der Waals surface area contributed by atoms with Crippen molar-refractivity contribution < 1.29 is 27.4 Å². The summed E-state index contributed by atoms with van der Waals surface area (Å²) in [5, 5.41) is 6.18. The number of carbonyl (C=O) groups is 1. The fraction of sp³-hybridized carbons (Fsp3) is 0.412. The van der Waals surface area contributed by atoms with Gasteiger partial charge in [0.25, 0.3) is 5.56 Å². The van der Waals surface area contributed by atoms with Crippen molar-refractivity contribution in [2.24, 2.45) is 0 Å². The summed E-state index contributed by atoms with van der Waals surface area (Å²) in [4.78, 5) is 26.3. The van der Waals surface area contributed by atoms with Gasteiger partial charge < -0.3 is 20.1 Å². The number of ether oxygens (including phenoxy) is 2. The van der Waals surface area contributed by atoms with E-state index >= 15 is 4.39 Å². The molecule has 0 saturated heterocycles. The first-order valence-corrected chi connectivity index (χ1v) is 14.4. The molecule has 238 valence electrons. The number of pyridine rings is 1. The molecule has 7 nitrogen and oxygen atoms in total. The first-order valence-electron chi connectivity index (χ1n) is 14.4. The first-order chi connectivity index (χ1) is 20.4. The van der Waals surface area contributed by atoms with Gasteiger partial charge in [-0.15, -0.1) is 0 Å². The molecule has 0 amide bonds. The van der Waals surface area contributed by atoms with Crippen molar-refractivity contribution in [1.82, 2.24) is 9.88 Å². The Morgan fingerprint density at radius 1 is 0.955 bits per heavy atom. The summed E-state index contributed by atoms with van der Waals surface area (Å²) in [6.07, 6.45) is 0.447. The summed E-state index contributed by atoms with van der Waals surface area (Å²) >= 11 is 0. The van der Waals surface area contributed by atoms with Crippen LogP contribution in [0.1, 0.15) is 68.6 Å². The van der Waals surface area contributed by atoms with E-state index in [1.165, 1.54) is 19.2 Å². The highest BCUT2D eigenvalue weighted by Gasteiger charge is 2.25. The molecule has 0 spiro atoms. The maximum atomic E-state index is 15.8. The van der Waals surface area contributed by atoms with E-state index in [0.717, 1.165) is 22.8 Å². The third kappa shape index (κ3) is 8.83. The number of halogens is 3. The monoisotopic (exact) mass is 613 g/mol. The van der Waals surface area contributed by atoms with E-state index in [2.05, 4.69) is 17.2 Å². The number of nitrogens with zero attached hydrogens (tertiary/aromatic N) is 1. The van der Waals surface area contributed by atoms with Gasteiger partial charge in [-0.2, -0.15) is 0 Å². The van der Waals surface area contributed by atoms with E-state index in [-0.39, 0.29) is 34.3 Å². The Kier molecular flexibility index (Phi) is 10.9. The molecule has 0 saturated carbocycles. The molecule has 0 aliphatic rings. The van der Waals surface area contributed by atoms with E-state index in [0.29, 0.717) is 42.5 Å². The molecule has 0 radical (unpaired) electrons. The van der Waals surface area contributed by atoms with Crippen LogP contribution in [0, 0.1) is 24.4 Å². The van der Waals surface area contributed by atoms with Gasteiger partial charge >= 0.3 is 0 Å². The van der Waals surface area contributed by atoms with Crippen LogP contribution in [0.4, 0.5) is 19.0 Å². The molecule has 10 heteroatoms. The molecule has 0 fully saturated rings. The maximum Gasteiger partial charge on any atom is 0.256 e. The number of anilines is 1. The summed E-state index contributed by atoms with van der Waals surface area (Å²) in [5.41, 5.74) is -0.778. The van der Waals surface area contributed by atoms with E-state index in [9.17, 15) is 18.4 Å². The van der Waals surface area contributed by atoms with Crippen LogP contribution < -0.4 is 16.2 Å². The molecule has 3 rings (SSSR count). The van der Waals surface area contributed by atoms with Gasteiger partial charge in [-0.05, 0) is 96.8 Å². The topological polar surface area (TPSA) is 81.6 Å². The second-order valence-electron chi connectivity index (χ2n) is 12.6. The Morgan fingerprint density at radius 2 is 1.61 bits per heavy atom. The quantitative estimate of drug-likeness (QED) is 0.180. The third-order valence-electron chi connectivity index (χ3n) is 6.60. The lowest BCUT2D eigenvalue weighted by molar-refractivity contribution is -0.0277. The van der Waals surface area contributed by atoms with Crippen LogP contribution >= 0.6 is 0 Å². The molecule has 2 aromatic carbocycles. The van der Waals surface area contributed by atoms with Gasteiger partial charge in [0, 0.05) is 19.2 Å². The normalized spacial score (nSPS) is 12.6. The van der Waals surface area contributed by atoms with Gasteiger partial charge in [-0.1, -0.05) is 12.6 Å². The van der Waals surface area contributed by atoms with Crippen LogP contribution in [0.2, 0.25) is 0 Å². The number of aryl methyl sites for hydroxylation is 1. The second kappa shape index (κ2) is 13.8. The molecule has 1 aromatic heterocycles. The van der Waals surface area contributed by atoms with Gasteiger partial charge in [-0.3, -0.25) is 14.2 Å². The van der Waals surface area contributed by atoms with Crippen molar-refractivity contribution in [2.75, 3.05) is 25.5 Å². The lowest BCUT2D eigenvalue weighted by Gasteiger charge is -2.30. The SMILES string of the molecule is C=C(OC(C)(C)C)[C@H](COC(C)(C)C)NCCc1cc(C)c(-n2c(NC)c(C(=O)c3ccc(F)cc3F)ccc2=O)c(F)c1. The molecular weight excluding hydrogens is 571 g/mol. The zero-order valence-corrected chi connectivity index (χ0v) is 26.7. The van der Waals surface area contributed by atoms with Crippen molar-refractivity contribution in [3.05, 3.63) is 105 Å². The number of nitrogens with one attached hydrogen (secondary N) is 2. The minimum absolute atomic E-state index is 0.0262. The smallest absolute Gasteiger partial charge is 0.256 e. The molecule has 0 aliphatic carbocycles. The maximum absolute atomic E-state index is 15.8. The predicted molar refractivity (Wildman–Crippen MR) is 167 cm³/mol. The predicted octanol–water partition coefficient (Wildman–Crippen LogP) is 6.48. The van der Waals surface area contributed by atoms with Gasteiger partial charge in [0.15, 0.2) is 5.78 Å². The molecule has 44 heavy (non-hydrogen) atoms. The summed E-state index contributed by atoms with van der Waals surface area (Å²) in [5.74, 6) is -2.83. The number of ketones is 1. The Bertz CT molecular complexity index is 1560. The molecule has 2 N–H and O–H groups in total. The van der Waals surface area contributed by atoms with Crippen molar-refractivity contribution in [2.45, 2.75) is 72.1 Å². The third-order valence-corrected chi connectivity index (χ3v) is 6.60. The van der Waals surface area contributed by atoms with Crippen molar-refractivity contribution in [3.8, 4) is 5.69 Å². The largest absolute Gasteiger partial charge is 0.491 e. The highest BCUT2D eigenvalue weighted by Crippen LogP contribution is 2.27. The summed E-state index contributed by atoms with van der Waals surface area (Å²) in [6.45, 7) is 18.2. The van der Waals surface area contributed by atoms with Gasteiger partial charge in [0.2, 0.25) is 0 Å². The minimum atomic E-state index is -1.05. The second-order valence-corrected chi connectivity index (χ2v) is 12.6. The van der Waals surface area contributed by atoms with Crippen molar-refractivity contribution in [3.63, 3.8) is 0 Å². The molecule has 3 aromatic rings. The van der Waals surface area contributed by atoms with Crippen LogP contribution in [0.3, 0.4) is 0 Å². The fourth-order valence-electron chi connectivity index (χ4n) is 4.70. The summed E-state index contributed by atoms with van der Waals surface area (Å²) in [7, 11) is 1.47. The minimum Gasteiger partial charge on any atom is -0.491 e. The Hall–Kier alpha value is -3.89. The summed E-state index contributed by atoms with van der Waals surface area (Å²) < 4.78 is 56.6. The van der Waals surface area contributed by atoms with Gasteiger partial charge in [0.05, 0.1) is 35.1 Å². The molecule has 1 heterocycles. The van der Waals surface area contributed by atoms with Gasteiger partial charge in [0.1, 0.15) is 34.6 Å². The van der Waals surface area contributed by atoms with E-state index in [1.807, 2.05) is 41.5 Å². The van der Waals surface area contributed by atoms with Crippen molar-refractivity contribution >= 4 is 11.6 Å². The molecule has 0 unspecified atom stereocenters. The lowest BCUT2D eigenvalue weighted by atomic mass is 10.0. The number of carbonyl (C=O) groups excluding carboxylic acids is 1. The highest BCUT2D eigenvalue weighted by molar-refractivity contribution is 6.12. The molecule has 0 bridgehead atoms. The van der Waals surface area contributed by atoms with Crippen LogP contribution in [0.5, 0.6) is 0 Å².